The smallest absolute Gasteiger partial charge is 0.418 e. The maximum atomic E-state index is 12.9. The maximum Gasteiger partial charge on any atom is 0.418 e. The van der Waals surface area contributed by atoms with E-state index in [0.717, 1.165) is 18.2 Å². The number of amides is 1. The molecule has 0 aliphatic carbocycles. The van der Waals surface area contributed by atoms with Crippen LogP contribution in [0.3, 0.4) is 0 Å². The average molecular weight is 385 g/mol. The van der Waals surface area contributed by atoms with Crippen molar-refractivity contribution >= 4 is 46.4 Å². The Balaban J connectivity index is 2.42. The number of aromatic hydroxyl groups is 1. The molecule has 0 unspecified atom stereocenters. The molecule has 0 spiro atoms. The molecular formula is C14H7Cl3F3NO2. The highest BCUT2D eigenvalue weighted by Gasteiger charge is 2.34. The second-order valence-corrected chi connectivity index (χ2v) is 5.54. The first-order valence-electron chi connectivity index (χ1n) is 5.97. The first-order chi connectivity index (χ1) is 10.6. The normalized spacial score (nSPS) is 11.4. The molecule has 23 heavy (non-hydrogen) atoms. The molecule has 9 heteroatoms. The molecule has 0 aromatic heterocycles. The third-order valence-corrected chi connectivity index (χ3v) is 4.11. The number of hydrogen-bond donors (Lipinski definition) is 2. The summed E-state index contributed by atoms with van der Waals surface area (Å²) in [5.74, 6) is -1.69. The van der Waals surface area contributed by atoms with Crippen LogP contribution in [0.4, 0.5) is 18.9 Å². The summed E-state index contributed by atoms with van der Waals surface area (Å²) in [7, 11) is 0. The predicted molar refractivity (Wildman–Crippen MR) is 82.5 cm³/mol. The summed E-state index contributed by atoms with van der Waals surface area (Å²) < 4.78 is 38.7. The van der Waals surface area contributed by atoms with Gasteiger partial charge in [-0.2, -0.15) is 13.2 Å². The van der Waals surface area contributed by atoms with Crippen molar-refractivity contribution in [1.29, 1.82) is 0 Å². The minimum atomic E-state index is -4.65. The minimum absolute atomic E-state index is 0.122. The first kappa shape index (κ1) is 17.7. The summed E-state index contributed by atoms with van der Waals surface area (Å²) in [5, 5.41) is 11.2. The van der Waals surface area contributed by atoms with Crippen molar-refractivity contribution in [3.63, 3.8) is 0 Å². The van der Waals surface area contributed by atoms with Crippen LogP contribution in [0.15, 0.2) is 30.3 Å². The fourth-order valence-corrected chi connectivity index (χ4v) is 2.39. The van der Waals surface area contributed by atoms with Gasteiger partial charge >= 0.3 is 6.18 Å². The summed E-state index contributed by atoms with van der Waals surface area (Å²) in [5.41, 5.74) is -1.90. The molecule has 2 aromatic rings. The molecule has 0 fully saturated rings. The zero-order valence-corrected chi connectivity index (χ0v) is 13.3. The lowest BCUT2D eigenvalue weighted by atomic mass is 10.1. The number of carbonyl (C=O) groups excluding carboxylic acids is 1. The van der Waals surface area contributed by atoms with Crippen molar-refractivity contribution in [2.75, 3.05) is 5.32 Å². The van der Waals surface area contributed by atoms with Crippen LogP contribution in [-0.2, 0) is 6.18 Å². The molecule has 2 aromatic carbocycles. The first-order valence-corrected chi connectivity index (χ1v) is 7.10. The van der Waals surface area contributed by atoms with Gasteiger partial charge in [-0.3, -0.25) is 4.79 Å². The van der Waals surface area contributed by atoms with E-state index in [1.165, 1.54) is 12.1 Å². The van der Waals surface area contributed by atoms with E-state index >= 15 is 0 Å². The topological polar surface area (TPSA) is 49.3 Å². The summed E-state index contributed by atoms with van der Waals surface area (Å²) >= 11 is 17.2. The van der Waals surface area contributed by atoms with E-state index in [0.29, 0.717) is 0 Å². The molecule has 0 aliphatic heterocycles. The van der Waals surface area contributed by atoms with Crippen LogP contribution >= 0.6 is 34.8 Å². The van der Waals surface area contributed by atoms with Gasteiger partial charge in [0.1, 0.15) is 10.8 Å². The number of hydrogen-bond acceptors (Lipinski definition) is 2. The fraction of sp³-hybridized carbons (Fsp3) is 0.0714. The number of rotatable bonds is 2. The van der Waals surface area contributed by atoms with Crippen LogP contribution < -0.4 is 5.32 Å². The molecule has 0 bridgehead atoms. The van der Waals surface area contributed by atoms with Gasteiger partial charge in [-0.25, -0.2) is 0 Å². The van der Waals surface area contributed by atoms with Crippen LogP contribution in [0.2, 0.25) is 15.1 Å². The van der Waals surface area contributed by atoms with Crippen molar-refractivity contribution in [2.45, 2.75) is 6.18 Å². The largest absolute Gasteiger partial charge is 0.505 e. The van der Waals surface area contributed by atoms with E-state index in [1.54, 1.807) is 0 Å². The quantitative estimate of drug-likeness (QED) is 0.660. The molecule has 0 heterocycles. The second kappa shape index (κ2) is 6.47. The van der Waals surface area contributed by atoms with E-state index in [9.17, 15) is 23.1 Å². The molecule has 0 saturated carbocycles. The molecule has 0 saturated heterocycles. The lowest BCUT2D eigenvalue weighted by molar-refractivity contribution is -0.136. The zero-order valence-electron chi connectivity index (χ0n) is 11.0. The highest BCUT2D eigenvalue weighted by Crippen LogP contribution is 2.40. The van der Waals surface area contributed by atoms with Crippen LogP contribution in [0, 0.1) is 0 Å². The van der Waals surface area contributed by atoms with E-state index in [-0.39, 0.29) is 15.1 Å². The van der Waals surface area contributed by atoms with E-state index in [2.05, 4.69) is 5.32 Å². The van der Waals surface area contributed by atoms with E-state index in [4.69, 9.17) is 34.8 Å². The number of alkyl halides is 3. The summed E-state index contributed by atoms with van der Waals surface area (Å²) in [6.07, 6.45) is -4.65. The number of para-hydroxylation sites is 1. The molecule has 122 valence electrons. The van der Waals surface area contributed by atoms with Crippen molar-refractivity contribution in [3.8, 4) is 5.75 Å². The van der Waals surface area contributed by atoms with E-state index < -0.39 is 34.6 Å². The summed E-state index contributed by atoms with van der Waals surface area (Å²) in [6, 6.07) is 5.42. The fourth-order valence-electron chi connectivity index (χ4n) is 1.79. The van der Waals surface area contributed by atoms with Gasteiger partial charge in [0, 0.05) is 0 Å². The lowest BCUT2D eigenvalue weighted by Crippen LogP contribution is -2.17. The maximum absolute atomic E-state index is 12.9. The Kier molecular flexibility index (Phi) is 4.98. The third kappa shape index (κ3) is 3.65. The Morgan fingerprint density at radius 2 is 1.70 bits per heavy atom. The summed E-state index contributed by atoms with van der Waals surface area (Å²) in [6.45, 7) is 0. The average Bonchev–Trinajstić information content (AvgIpc) is 2.48. The highest BCUT2D eigenvalue weighted by atomic mass is 35.5. The van der Waals surface area contributed by atoms with Gasteiger partial charge < -0.3 is 10.4 Å². The highest BCUT2D eigenvalue weighted by molar-refractivity contribution is 6.49. The molecule has 0 atom stereocenters. The Bertz CT molecular complexity index is 779. The number of anilines is 1. The van der Waals surface area contributed by atoms with Gasteiger partial charge in [0.2, 0.25) is 0 Å². The monoisotopic (exact) mass is 383 g/mol. The SMILES string of the molecule is O=C(Nc1ccccc1C(F)(F)F)c1cc(Cl)c(Cl)c(Cl)c1O. The number of phenols is 1. The number of halogens is 6. The Labute approximate surface area is 143 Å². The number of carbonyl (C=O) groups is 1. The number of nitrogens with one attached hydrogen (secondary N) is 1. The minimum Gasteiger partial charge on any atom is -0.505 e. The van der Waals surface area contributed by atoms with Crippen molar-refractivity contribution < 1.29 is 23.1 Å². The van der Waals surface area contributed by atoms with Gasteiger partial charge in [0.05, 0.1) is 26.9 Å². The van der Waals surface area contributed by atoms with Gasteiger partial charge in [-0.1, -0.05) is 46.9 Å². The predicted octanol–water partition coefficient (Wildman–Crippen LogP) is 5.62. The number of phenolic OH excluding ortho intramolecular Hbond substituents is 1. The third-order valence-electron chi connectivity index (χ3n) is 2.86. The van der Waals surface area contributed by atoms with Crippen molar-refractivity contribution in [1.82, 2.24) is 0 Å². The van der Waals surface area contributed by atoms with E-state index in [1.807, 2.05) is 0 Å². The molecule has 2 rings (SSSR count). The molecule has 2 N–H and O–H groups in total. The standard InChI is InChI=1S/C14H7Cl3F3NO2/c15-8-5-6(12(22)11(17)10(8)16)13(23)21-9-4-2-1-3-7(9)14(18,19)20/h1-5,22H,(H,21,23). The van der Waals surface area contributed by atoms with Crippen LogP contribution in [0.25, 0.3) is 0 Å². The summed E-state index contributed by atoms with van der Waals surface area (Å²) in [4.78, 5) is 12.1. The molecule has 3 nitrogen and oxygen atoms in total. The molecular weight excluding hydrogens is 378 g/mol. The lowest BCUT2D eigenvalue weighted by Gasteiger charge is -2.14. The number of benzene rings is 2. The van der Waals surface area contributed by atoms with Crippen LogP contribution in [0.1, 0.15) is 15.9 Å². The van der Waals surface area contributed by atoms with Gasteiger partial charge in [-0.15, -0.1) is 0 Å². The van der Waals surface area contributed by atoms with Gasteiger partial charge in [0.25, 0.3) is 5.91 Å². The molecule has 0 radical (unpaired) electrons. The zero-order chi connectivity index (χ0) is 17.4. The van der Waals surface area contributed by atoms with Crippen LogP contribution in [0.5, 0.6) is 5.75 Å². The molecule has 0 aliphatic rings. The Morgan fingerprint density at radius 1 is 1.09 bits per heavy atom. The van der Waals surface area contributed by atoms with Crippen LogP contribution in [-0.4, -0.2) is 11.0 Å². The molecule has 1 amide bonds. The van der Waals surface area contributed by atoms with Crippen molar-refractivity contribution in [2.24, 2.45) is 0 Å². The van der Waals surface area contributed by atoms with Crippen molar-refractivity contribution in [3.05, 3.63) is 56.5 Å². The Morgan fingerprint density at radius 3 is 2.30 bits per heavy atom. The van der Waals surface area contributed by atoms with Gasteiger partial charge in [-0.05, 0) is 18.2 Å². The second-order valence-electron chi connectivity index (χ2n) is 4.38. The Hall–Kier alpha value is -1.63. The van der Waals surface area contributed by atoms with Gasteiger partial charge in [0.15, 0.2) is 0 Å².